The third-order valence-corrected chi connectivity index (χ3v) is 5.30. The molecule has 1 amide bonds. The fourth-order valence-electron chi connectivity index (χ4n) is 2.73. The van der Waals surface area contributed by atoms with Crippen molar-refractivity contribution in [3.8, 4) is 0 Å². The predicted molar refractivity (Wildman–Crippen MR) is 133 cm³/mol. The van der Waals surface area contributed by atoms with E-state index in [4.69, 9.17) is 0 Å². The van der Waals surface area contributed by atoms with Crippen molar-refractivity contribution in [1.82, 2.24) is 20.4 Å². The molecule has 8 heteroatoms. The normalized spacial score (nSPS) is 12.3. The molecule has 1 atom stereocenters. The van der Waals surface area contributed by atoms with Gasteiger partial charge in [0.25, 0.3) is 5.91 Å². The lowest BCUT2D eigenvalue weighted by molar-refractivity contribution is 0.0827. The second-order valence-electron chi connectivity index (χ2n) is 6.97. The number of aliphatic imine (C=N–C) groups is 1. The molecule has 2 aromatic rings. The lowest BCUT2D eigenvalue weighted by atomic mass is 10.1. The lowest BCUT2D eigenvalue weighted by Crippen LogP contribution is -2.41. The number of nitrogens with one attached hydrogen (secondary N) is 2. The number of hydrogen-bond acceptors (Lipinski definition) is 4. The Morgan fingerprint density at radius 1 is 1.10 bits per heavy atom. The van der Waals surface area contributed by atoms with E-state index in [2.05, 4.69) is 59.1 Å². The lowest BCUT2D eigenvalue weighted by Gasteiger charge is -2.24. The van der Waals surface area contributed by atoms with Crippen molar-refractivity contribution in [2.45, 2.75) is 19.5 Å². The van der Waals surface area contributed by atoms with Crippen molar-refractivity contribution in [2.24, 2.45) is 4.99 Å². The first-order chi connectivity index (χ1) is 13.4. The fourth-order valence-corrected chi connectivity index (χ4v) is 3.66. The molecule has 0 bridgehead atoms. The summed E-state index contributed by atoms with van der Waals surface area (Å²) in [5, 5.41) is 8.86. The Balaban J connectivity index is 0.00000420. The van der Waals surface area contributed by atoms with Gasteiger partial charge in [-0.15, -0.1) is 35.3 Å². The first-order valence-electron chi connectivity index (χ1n) is 9.45. The Morgan fingerprint density at radius 3 is 2.31 bits per heavy atom. The minimum absolute atomic E-state index is 0. The van der Waals surface area contributed by atoms with Crippen LogP contribution in [0.15, 0.2) is 46.8 Å². The van der Waals surface area contributed by atoms with Crippen molar-refractivity contribution in [3.05, 3.63) is 57.8 Å². The third kappa shape index (κ3) is 7.94. The summed E-state index contributed by atoms with van der Waals surface area (Å²) in [4.78, 5) is 21.8. The molecule has 1 aromatic carbocycles. The maximum Gasteiger partial charge on any atom is 0.253 e. The maximum absolute atomic E-state index is 12.0. The zero-order valence-corrected chi connectivity index (χ0v) is 21.0. The smallest absolute Gasteiger partial charge is 0.253 e. The fraction of sp³-hybridized carbons (Fsp3) is 0.429. The summed E-state index contributed by atoms with van der Waals surface area (Å²) in [6, 6.07) is 12.2. The molecule has 1 heterocycles. The van der Waals surface area contributed by atoms with Gasteiger partial charge >= 0.3 is 0 Å². The van der Waals surface area contributed by atoms with Crippen LogP contribution >= 0.6 is 35.3 Å². The van der Waals surface area contributed by atoms with Gasteiger partial charge in [-0.25, -0.2) is 4.99 Å². The summed E-state index contributed by atoms with van der Waals surface area (Å²) in [6.45, 7) is 4.18. The van der Waals surface area contributed by atoms with Crippen molar-refractivity contribution >= 4 is 47.2 Å². The molecule has 0 radical (unpaired) electrons. The summed E-state index contributed by atoms with van der Waals surface area (Å²) >= 11 is 1.77. The maximum atomic E-state index is 12.0. The van der Waals surface area contributed by atoms with Gasteiger partial charge in [-0.05, 0) is 50.2 Å². The van der Waals surface area contributed by atoms with Crippen molar-refractivity contribution < 1.29 is 4.79 Å². The van der Waals surface area contributed by atoms with Gasteiger partial charge in [-0.1, -0.05) is 18.2 Å². The number of likely N-dealkylation sites (N-methyl/N-ethyl adjacent to an activating group) is 1. The van der Waals surface area contributed by atoms with Crippen molar-refractivity contribution in [2.75, 3.05) is 41.3 Å². The molecule has 0 aliphatic carbocycles. The highest BCUT2D eigenvalue weighted by molar-refractivity contribution is 14.0. The van der Waals surface area contributed by atoms with Crippen LogP contribution in [0.5, 0.6) is 0 Å². The minimum atomic E-state index is 0. The molecule has 0 saturated carbocycles. The standard InChI is InChI=1S/C21H31N5OS.HI/c1-6-22-21(24-15-18(25(2)3)19-8-7-13-28-19)23-14-16-9-11-17(12-10-16)20(27)26(4)5;/h7-13,18H,6,14-15H2,1-5H3,(H2,22,23,24);1H. The van der Waals surface area contributed by atoms with E-state index in [1.807, 2.05) is 24.3 Å². The number of thiophene rings is 1. The number of halogens is 1. The average molecular weight is 529 g/mol. The number of carbonyl (C=O) groups excluding carboxylic acids is 1. The molecule has 6 nitrogen and oxygen atoms in total. The number of guanidine groups is 1. The summed E-state index contributed by atoms with van der Waals surface area (Å²) < 4.78 is 0. The van der Waals surface area contributed by atoms with Crippen molar-refractivity contribution in [1.29, 1.82) is 0 Å². The zero-order valence-electron chi connectivity index (χ0n) is 17.8. The van der Waals surface area contributed by atoms with Gasteiger partial charge in [0.1, 0.15) is 0 Å². The van der Waals surface area contributed by atoms with Gasteiger partial charge in [0.15, 0.2) is 5.96 Å². The van der Waals surface area contributed by atoms with E-state index in [0.29, 0.717) is 18.2 Å². The van der Waals surface area contributed by atoms with Gasteiger partial charge < -0.3 is 20.4 Å². The van der Waals surface area contributed by atoms with Crippen LogP contribution in [-0.4, -0.2) is 62.9 Å². The number of carbonyl (C=O) groups is 1. The summed E-state index contributed by atoms with van der Waals surface area (Å²) in [5.74, 6) is 0.799. The molecule has 2 rings (SSSR count). The van der Waals surface area contributed by atoms with E-state index in [0.717, 1.165) is 24.6 Å². The van der Waals surface area contributed by atoms with Crippen LogP contribution in [0.3, 0.4) is 0 Å². The SMILES string of the molecule is CCNC(=NCc1ccc(C(=O)N(C)C)cc1)NCC(c1cccs1)N(C)C.I. The van der Waals surface area contributed by atoms with Gasteiger partial charge in [0, 0.05) is 37.6 Å². The molecule has 0 aliphatic rings. The summed E-state index contributed by atoms with van der Waals surface area (Å²) in [7, 11) is 7.69. The highest BCUT2D eigenvalue weighted by Crippen LogP contribution is 2.22. The summed E-state index contributed by atoms with van der Waals surface area (Å²) in [6.07, 6.45) is 0. The molecule has 1 unspecified atom stereocenters. The van der Waals surface area contributed by atoms with Crippen LogP contribution in [0.2, 0.25) is 0 Å². The van der Waals surface area contributed by atoms with Gasteiger partial charge in [-0.2, -0.15) is 0 Å². The zero-order chi connectivity index (χ0) is 20.5. The van der Waals surface area contributed by atoms with E-state index in [1.165, 1.54) is 4.88 Å². The van der Waals surface area contributed by atoms with Gasteiger partial charge in [0.2, 0.25) is 0 Å². The molecule has 29 heavy (non-hydrogen) atoms. The number of rotatable bonds is 8. The number of benzene rings is 1. The van der Waals surface area contributed by atoms with Crippen LogP contribution < -0.4 is 10.6 Å². The number of amides is 1. The number of nitrogens with zero attached hydrogens (tertiary/aromatic N) is 3. The Bertz CT molecular complexity index is 760. The second kappa shape index (κ2) is 12.8. The first-order valence-corrected chi connectivity index (χ1v) is 10.3. The quantitative estimate of drug-likeness (QED) is 0.313. The molecular weight excluding hydrogens is 497 g/mol. The van der Waals surface area contributed by atoms with E-state index in [1.54, 1.807) is 30.3 Å². The molecule has 0 spiro atoms. The van der Waals surface area contributed by atoms with E-state index < -0.39 is 0 Å². The van der Waals surface area contributed by atoms with Gasteiger partial charge in [0.05, 0.1) is 12.6 Å². The highest BCUT2D eigenvalue weighted by Gasteiger charge is 2.15. The molecule has 1 aromatic heterocycles. The number of hydrogen-bond donors (Lipinski definition) is 2. The average Bonchev–Trinajstić information content (AvgIpc) is 3.20. The van der Waals surface area contributed by atoms with Crippen LogP contribution in [0.1, 0.15) is 33.8 Å². The third-order valence-electron chi connectivity index (χ3n) is 4.33. The Hall–Kier alpha value is -1.65. The second-order valence-corrected chi connectivity index (χ2v) is 7.95. The van der Waals surface area contributed by atoms with E-state index in [9.17, 15) is 4.79 Å². The van der Waals surface area contributed by atoms with Crippen LogP contribution in [0.4, 0.5) is 0 Å². The van der Waals surface area contributed by atoms with E-state index >= 15 is 0 Å². The van der Waals surface area contributed by atoms with Crippen LogP contribution in [-0.2, 0) is 6.54 Å². The van der Waals surface area contributed by atoms with Crippen LogP contribution in [0, 0.1) is 0 Å². The minimum Gasteiger partial charge on any atom is -0.357 e. The van der Waals surface area contributed by atoms with Crippen LogP contribution in [0.25, 0.3) is 0 Å². The molecule has 0 fully saturated rings. The van der Waals surface area contributed by atoms with Gasteiger partial charge in [-0.3, -0.25) is 4.79 Å². The molecular formula is C21H32IN5OS. The van der Waals surface area contributed by atoms with E-state index in [-0.39, 0.29) is 29.9 Å². The molecule has 2 N–H and O–H groups in total. The largest absolute Gasteiger partial charge is 0.357 e. The summed E-state index contributed by atoms with van der Waals surface area (Å²) in [5.41, 5.74) is 1.75. The molecule has 0 aliphatic heterocycles. The first kappa shape index (κ1) is 25.4. The predicted octanol–water partition coefficient (Wildman–Crippen LogP) is 3.43. The highest BCUT2D eigenvalue weighted by atomic mass is 127. The Kier molecular flexibility index (Phi) is 11.2. The molecule has 0 saturated heterocycles. The monoisotopic (exact) mass is 529 g/mol. The molecule has 160 valence electrons. The Labute approximate surface area is 195 Å². The topological polar surface area (TPSA) is 60.0 Å². The Morgan fingerprint density at radius 2 is 1.79 bits per heavy atom. The van der Waals surface area contributed by atoms with Crippen molar-refractivity contribution in [3.63, 3.8) is 0 Å².